The van der Waals surface area contributed by atoms with Gasteiger partial charge in [-0.1, -0.05) is 25.3 Å². The Morgan fingerprint density at radius 1 is 1.24 bits per heavy atom. The molecule has 1 amide bonds. The summed E-state index contributed by atoms with van der Waals surface area (Å²) >= 11 is 1.50. The summed E-state index contributed by atoms with van der Waals surface area (Å²) in [6.07, 6.45) is 6.72. The van der Waals surface area contributed by atoms with Gasteiger partial charge in [0.25, 0.3) is 5.91 Å². The molecule has 1 saturated carbocycles. The van der Waals surface area contributed by atoms with E-state index in [1.54, 1.807) is 22.7 Å². The molecule has 1 aliphatic rings. The number of aliphatic carboxylic acids is 1. The highest BCUT2D eigenvalue weighted by atomic mass is 32.1. The fraction of sp³-hybridized carbons (Fsp3) is 0.417. The van der Waals surface area contributed by atoms with E-state index in [-0.39, 0.29) is 24.8 Å². The van der Waals surface area contributed by atoms with Crippen molar-refractivity contribution in [2.45, 2.75) is 44.6 Å². The summed E-state index contributed by atoms with van der Waals surface area (Å²) in [6.45, 7) is -0.0541. The van der Waals surface area contributed by atoms with Crippen LogP contribution in [-0.4, -0.2) is 52.0 Å². The monoisotopic (exact) mass is 484 g/mol. The first-order valence-electron chi connectivity index (χ1n) is 11.4. The Kier molecular flexibility index (Phi) is 7.46. The molecule has 0 spiro atoms. The number of aromatic nitrogens is 2. The van der Waals surface area contributed by atoms with Crippen LogP contribution in [0.2, 0.25) is 0 Å². The van der Waals surface area contributed by atoms with Crippen LogP contribution in [0.3, 0.4) is 0 Å². The second-order valence-corrected chi connectivity index (χ2v) is 9.36. The first kappa shape index (κ1) is 23.7. The van der Waals surface area contributed by atoms with Crippen LogP contribution in [-0.2, 0) is 14.3 Å². The Balaban J connectivity index is 1.68. The number of rotatable bonds is 9. The van der Waals surface area contributed by atoms with Crippen LogP contribution in [0, 0.1) is 5.92 Å². The van der Waals surface area contributed by atoms with Crippen molar-refractivity contribution in [3.8, 4) is 10.6 Å². The quantitative estimate of drug-likeness (QED) is 0.395. The molecule has 0 bridgehead atoms. The lowest BCUT2D eigenvalue weighted by atomic mass is 9.82. The highest BCUT2D eigenvalue weighted by Gasteiger charge is 2.29. The number of methoxy groups -OCH3 is 1. The van der Waals surface area contributed by atoms with Crippen LogP contribution in [0.4, 0.5) is 5.82 Å². The van der Waals surface area contributed by atoms with Crippen molar-refractivity contribution in [2.75, 3.05) is 19.0 Å². The van der Waals surface area contributed by atoms with E-state index < -0.39 is 18.0 Å². The number of anilines is 1. The topological polar surface area (TPSA) is 122 Å². The minimum absolute atomic E-state index is 0.0541. The summed E-state index contributed by atoms with van der Waals surface area (Å²) in [5, 5.41) is 17.4. The summed E-state index contributed by atoms with van der Waals surface area (Å²) in [4.78, 5) is 42.2. The third-order valence-electron chi connectivity index (χ3n) is 6.21. The van der Waals surface area contributed by atoms with Crippen LogP contribution in [0.15, 0.2) is 35.8 Å². The van der Waals surface area contributed by atoms with Gasteiger partial charge in [0.2, 0.25) is 0 Å². The Morgan fingerprint density at radius 2 is 2.03 bits per heavy atom. The summed E-state index contributed by atoms with van der Waals surface area (Å²) in [6, 6.07) is 6.80. The lowest BCUT2D eigenvalue weighted by Crippen LogP contribution is -2.42. The number of thiophene rings is 1. The zero-order valence-electron chi connectivity index (χ0n) is 19.0. The van der Waals surface area contributed by atoms with Gasteiger partial charge in [-0.2, -0.15) is 0 Å². The predicted octanol–water partition coefficient (Wildman–Crippen LogP) is 3.80. The number of esters is 1. The molecule has 1 fully saturated rings. The maximum atomic E-state index is 13.4. The van der Waals surface area contributed by atoms with Crippen molar-refractivity contribution < 1.29 is 24.2 Å². The van der Waals surface area contributed by atoms with E-state index >= 15 is 0 Å². The number of amides is 1. The summed E-state index contributed by atoms with van der Waals surface area (Å²) < 4.78 is 6.48. The molecule has 3 aromatic heterocycles. The molecule has 0 radical (unpaired) electrons. The first-order valence-corrected chi connectivity index (χ1v) is 12.2. The van der Waals surface area contributed by atoms with Crippen LogP contribution in [0.5, 0.6) is 0 Å². The van der Waals surface area contributed by atoms with Gasteiger partial charge in [-0.15, -0.1) is 11.3 Å². The molecule has 0 aliphatic heterocycles. The number of fused-ring (bicyclic) bond motifs is 1. The van der Waals surface area contributed by atoms with E-state index in [0.717, 1.165) is 37.0 Å². The molecule has 0 aromatic carbocycles. The highest BCUT2D eigenvalue weighted by Crippen LogP contribution is 2.33. The molecule has 180 valence electrons. The van der Waals surface area contributed by atoms with Gasteiger partial charge in [0, 0.05) is 12.2 Å². The molecule has 3 heterocycles. The molecule has 1 aliphatic carbocycles. The highest BCUT2D eigenvalue weighted by molar-refractivity contribution is 7.13. The maximum absolute atomic E-state index is 13.4. The molecule has 3 aromatic rings. The van der Waals surface area contributed by atoms with E-state index in [1.165, 1.54) is 18.4 Å². The molecular formula is C24H28N4O5S. The number of ether oxygens (including phenoxy) is 1. The van der Waals surface area contributed by atoms with Crippen LogP contribution >= 0.6 is 11.3 Å². The molecule has 3 N–H and O–H groups in total. The normalized spacial score (nSPS) is 15.1. The Hall–Kier alpha value is -3.40. The first-order chi connectivity index (χ1) is 16.5. The van der Waals surface area contributed by atoms with E-state index in [0.29, 0.717) is 22.7 Å². The fourth-order valence-corrected chi connectivity index (χ4v) is 5.25. The Morgan fingerprint density at radius 3 is 2.71 bits per heavy atom. The average molecular weight is 485 g/mol. The van der Waals surface area contributed by atoms with Gasteiger partial charge in [0.15, 0.2) is 5.65 Å². The lowest BCUT2D eigenvalue weighted by molar-refractivity contribution is -0.139. The zero-order chi connectivity index (χ0) is 24.1. The maximum Gasteiger partial charge on any atom is 0.325 e. The largest absolute Gasteiger partial charge is 0.481 e. The van der Waals surface area contributed by atoms with E-state index in [1.807, 2.05) is 17.5 Å². The summed E-state index contributed by atoms with van der Waals surface area (Å²) in [7, 11) is 1.32. The SMILES string of the molecule is COC(=O)CNc1c(-c2cccs2)nc2c(C(=O)NC(CC(=O)O)C3CCCCC3)cccn12. The van der Waals surface area contributed by atoms with E-state index in [2.05, 4.69) is 10.6 Å². The zero-order valence-corrected chi connectivity index (χ0v) is 19.8. The molecule has 1 atom stereocenters. The minimum Gasteiger partial charge on any atom is -0.481 e. The summed E-state index contributed by atoms with van der Waals surface area (Å²) in [5.41, 5.74) is 1.39. The van der Waals surface area contributed by atoms with Crippen molar-refractivity contribution in [1.82, 2.24) is 14.7 Å². The number of nitrogens with zero attached hydrogens (tertiary/aromatic N) is 2. The summed E-state index contributed by atoms with van der Waals surface area (Å²) in [5.74, 6) is -0.988. The van der Waals surface area contributed by atoms with Crippen LogP contribution in [0.1, 0.15) is 48.9 Å². The third kappa shape index (κ3) is 5.22. The number of nitrogens with one attached hydrogen (secondary N) is 2. The molecule has 9 nitrogen and oxygen atoms in total. The second-order valence-electron chi connectivity index (χ2n) is 8.41. The number of imidazole rings is 1. The number of carbonyl (C=O) groups is 3. The number of hydrogen-bond acceptors (Lipinski definition) is 7. The number of carbonyl (C=O) groups excluding carboxylic acids is 2. The van der Waals surface area contributed by atoms with E-state index in [9.17, 15) is 19.5 Å². The Bertz CT molecular complexity index is 1170. The standard InChI is InChI=1S/C24H28N4O5S/c1-33-20(31)14-25-23-21(18-10-6-12-34-18)27-22-16(9-5-11-28(22)23)24(32)26-17(13-19(29)30)15-7-3-2-4-8-15/h5-6,9-12,15,17,25H,2-4,7-8,13-14H2,1H3,(H,26,32)(H,29,30). The Labute approximate surface area is 201 Å². The van der Waals surface area contributed by atoms with Gasteiger partial charge < -0.3 is 20.5 Å². The number of carboxylic acids is 1. The molecular weight excluding hydrogens is 456 g/mol. The molecule has 0 saturated heterocycles. The van der Waals surface area contributed by atoms with Gasteiger partial charge in [-0.25, -0.2) is 4.98 Å². The van der Waals surface area contributed by atoms with Crippen molar-refractivity contribution >= 4 is 40.6 Å². The molecule has 4 rings (SSSR count). The van der Waals surface area contributed by atoms with Gasteiger partial charge in [0.05, 0.1) is 24.0 Å². The van der Waals surface area contributed by atoms with Gasteiger partial charge in [-0.05, 0) is 42.3 Å². The smallest absolute Gasteiger partial charge is 0.325 e. The van der Waals surface area contributed by atoms with Crippen LogP contribution < -0.4 is 10.6 Å². The third-order valence-corrected chi connectivity index (χ3v) is 7.08. The molecule has 34 heavy (non-hydrogen) atoms. The lowest BCUT2D eigenvalue weighted by Gasteiger charge is -2.30. The number of pyridine rings is 1. The predicted molar refractivity (Wildman–Crippen MR) is 129 cm³/mol. The average Bonchev–Trinajstić information content (AvgIpc) is 3.50. The van der Waals surface area contributed by atoms with Gasteiger partial charge in [0.1, 0.15) is 18.1 Å². The minimum atomic E-state index is -0.927. The van der Waals surface area contributed by atoms with Crippen molar-refractivity contribution in [3.05, 3.63) is 41.4 Å². The van der Waals surface area contributed by atoms with Crippen LogP contribution in [0.25, 0.3) is 16.2 Å². The molecule has 1 unspecified atom stereocenters. The molecule has 10 heteroatoms. The van der Waals surface area contributed by atoms with E-state index in [4.69, 9.17) is 9.72 Å². The van der Waals surface area contributed by atoms with Crippen molar-refractivity contribution in [2.24, 2.45) is 5.92 Å². The van der Waals surface area contributed by atoms with Crippen molar-refractivity contribution in [3.63, 3.8) is 0 Å². The van der Waals surface area contributed by atoms with Crippen molar-refractivity contribution in [1.29, 1.82) is 0 Å². The second kappa shape index (κ2) is 10.7. The van der Waals surface area contributed by atoms with Gasteiger partial charge in [-0.3, -0.25) is 18.8 Å². The number of carboxylic acid groups (broad SMARTS) is 1. The van der Waals surface area contributed by atoms with Gasteiger partial charge >= 0.3 is 11.9 Å². The number of hydrogen-bond donors (Lipinski definition) is 3. The fourth-order valence-electron chi connectivity index (χ4n) is 4.53.